The van der Waals surface area contributed by atoms with Crippen molar-refractivity contribution in [3.05, 3.63) is 59.7 Å². The van der Waals surface area contributed by atoms with E-state index < -0.39 is 0 Å². The molecule has 66 valence electrons. The van der Waals surface area contributed by atoms with E-state index in [4.69, 9.17) is 0 Å². The zero-order valence-electron chi connectivity index (χ0n) is 7.13. The summed E-state index contributed by atoms with van der Waals surface area (Å²) in [6.07, 6.45) is 2.27. The van der Waals surface area contributed by atoms with Gasteiger partial charge in [-0.15, -0.1) is 0 Å². The van der Waals surface area contributed by atoms with Gasteiger partial charge >= 0.3 is 0 Å². The molecule has 1 aromatic heterocycles. The lowest BCUT2D eigenvalue weighted by Gasteiger charge is -1.97. The molecule has 13 heavy (non-hydrogen) atoms. The number of benzene rings is 1. The molecule has 0 aliphatic rings. The van der Waals surface area contributed by atoms with Crippen LogP contribution in [-0.4, -0.2) is 4.98 Å². The van der Waals surface area contributed by atoms with Gasteiger partial charge in [-0.25, -0.2) is 0 Å². The lowest BCUT2D eigenvalue weighted by atomic mass is 10.1. The standard InChI is InChI=1S/C11H10FN/c12-11-10(6-7-13-11)8-9-4-2-1-3-5-9/h1-7,13H,8H2. The molecule has 1 nitrogen and oxygen atoms in total. The highest BCUT2D eigenvalue weighted by Crippen LogP contribution is 2.11. The Labute approximate surface area is 76.2 Å². The van der Waals surface area contributed by atoms with Gasteiger partial charge in [-0.2, -0.15) is 4.39 Å². The number of aromatic nitrogens is 1. The summed E-state index contributed by atoms with van der Waals surface area (Å²) in [5.41, 5.74) is 1.84. The summed E-state index contributed by atoms with van der Waals surface area (Å²) in [4.78, 5) is 2.52. The Bertz CT molecular complexity index is 378. The van der Waals surface area contributed by atoms with Gasteiger partial charge < -0.3 is 4.98 Å². The van der Waals surface area contributed by atoms with Gasteiger partial charge in [-0.05, 0) is 11.6 Å². The summed E-state index contributed by atoms with van der Waals surface area (Å²) < 4.78 is 13.0. The first kappa shape index (κ1) is 8.05. The molecule has 1 heterocycles. The molecule has 0 atom stereocenters. The molecule has 0 saturated carbocycles. The number of H-pyrrole nitrogens is 1. The van der Waals surface area contributed by atoms with Gasteiger partial charge in [-0.3, -0.25) is 0 Å². The fourth-order valence-corrected chi connectivity index (χ4v) is 1.33. The van der Waals surface area contributed by atoms with Crippen molar-refractivity contribution in [1.82, 2.24) is 4.98 Å². The summed E-state index contributed by atoms with van der Waals surface area (Å²) in [7, 11) is 0. The van der Waals surface area contributed by atoms with Crippen LogP contribution in [0.4, 0.5) is 4.39 Å². The van der Waals surface area contributed by atoms with Gasteiger partial charge in [-0.1, -0.05) is 30.3 Å². The Morgan fingerprint density at radius 3 is 2.46 bits per heavy atom. The van der Waals surface area contributed by atoms with Crippen LogP contribution in [0, 0.1) is 5.95 Å². The van der Waals surface area contributed by atoms with Crippen molar-refractivity contribution in [3.8, 4) is 0 Å². The van der Waals surface area contributed by atoms with Crippen molar-refractivity contribution in [2.45, 2.75) is 6.42 Å². The van der Waals surface area contributed by atoms with E-state index in [0.717, 1.165) is 5.56 Å². The Morgan fingerprint density at radius 1 is 1.08 bits per heavy atom. The number of halogens is 1. The zero-order valence-corrected chi connectivity index (χ0v) is 7.13. The molecule has 2 rings (SSSR count). The molecular weight excluding hydrogens is 165 g/mol. The largest absolute Gasteiger partial charge is 0.338 e. The van der Waals surface area contributed by atoms with Crippen molar-refractivity contribution >= 4 is 0 Å². The van der Waals surface area contributed by atoms with Gasteiger partial charge in [0.05, 0.1) is 0 Å². The molecule has 0 amide bonds. The highest BCUT2D eigenvalue weighted by Gasteiger charge is 2.02. The Hall–Kier alpha value is -1.57. The second kappa shape index (κ2) is 3.44. The highest BCUT2D eigenvalue weighted by molar-refractivity contribution is 5.24. The minimum atomic E-state index is -0.233. The van der Waals surface area contributed by atoms with Crippen LogP contribution in [0.3, 0.4) is 0 Å². The van der Waals surface area contributed by atoms with E-state index in [2.05, 4.69) is 4.98 Å². The summed E-state index contributed by atoms with van der Waals surface area (Å²) in [5.74, 6) is -0.233. The van der Waals surface area contributed by atoms with E-state index in [1.165, 1.54) is 0 Å². The predicted molar refractivity (Wildman–Crippen MR) is 50.0 cm³/mol. The summed E-state index contributed by atoms with van der Waals surface area (Å²) in [6.45, 7) is 0. The van der Waals surface area contributed by atoms with Crippen molar-refractivity contribution in [1.29, 1.82) is 0 Å². The molecule has 1 aromatic carbocycles. The molecule has 0 aliphatic heterocycles. The molecule has 2 heteroatoms. The third-order valence-electron chi connectivity index (χ3n) is 2.01. The maximum absolute atomic E-state index is 13.0. The van der Waals surface area contributed by atoms with Crippen LogP contribution >= 0.6 is 0 Å². The van der Waals surface area contributed by atoms with E-state index >= 15 is 0 Å². The van der Waals surface area contributed by atoms with Crippen molar-refractivity contribution in [2.24, 2.45) is 0 Å². The van der Waals surface area contributed by atoms with Crippen molar-refractivity contribution < 1.29 is 4.39 Å². The minimum Gasteiger partial charge on any atom is -0.338 e. The van der Waals surface area contributed by atoms with Crippen molar-refractivity contribution in [3.63, 3.8) is 0 Å². The Balaban J connectivity index is 2.20. The average molecular weight is 175 g/mol. The molecule has 0 fully saturated rings. The zero-order chi connectivity index (χ0) is 9.10. The monoisotopic (exact) mass is 175 g/mol. The third kappa shape index (κ3) is 1.78. The van der Waals surface area contributed by atoms with Crippen LogP contribution in [0.2, 0.25) is 0 Å². The van der Waals surface area contributed by atoms with Gasteiger partial charge in [0.15, 0.2) is 5.95 Å². The van der Waals surface area contributed by atoms with Crippen LogP contribution in [0.25, 0.3) is 0 Å². The number of hydrogen-bond donors (Lipinski definition) is 1. The maximum Gasteiger partial charge on any atom is 0.194 e. The molecule has 1 N–H and O–H groups in total. The number of rotatable bonds is 2. The van der Waals surface area contributed by atoms with E-state index in [0.29, 0.717) is 12.0 Å². The summed E-state index contributed by atoms with van der Waals surface area (Å²) >= 11 is 0. The minimum absolute atomic E-state index is 0.233. The van der Waals surface area contributed by atoms with E-state index in [-0.39, 0.29) is 5.95 Å². The highest BCUT2D eigenvalue weighted by atomic mass is 19.1. The molecule has 0 unspecified atom stereocenters. The van der Waals surface area contributed by atoms with Crippen LogP contribution in [0.5, 0.6) is 0 Å². The van der Waals surface area contributed by atoms with Gasteiger partial charge in [0.25, 0.3) is 0 Å². The lowest BCUT2D eigenvalue weighted by molar-refractivity contribution is 0.580. The fraction of sp³-hybridized carbons (Fsp3) is 0.0909. The number of nitrogens with one attached hydrogen (secondary N) is 1. The summed E-state index contributed by atoms with van der Waals surface area (Å²) in [6, 6.07) is 11.6. The average Bonchev–Trinajstić information content (AvgIpc) is 2.54. The normalized spacial score (nSPS) is 10.2. The lowest BCUT2D eigenvalue weighted by Crippen LogP contribution is -1.88. The van der Waals surface area contributed by atoms with E-state index in [9.17, 15) is 4.39 Å². The first-order chi connectivity index (χ1) is 6.36. The molecule has 0 aliphatic carbocycles. The number of aromatic amines is 1. The first-order valence-electron chi connectivity index (χ1n) is 4.22. The molecule has 0 spiro atoms. The molecule has 0 radical (unpaired) electrons. The van der Waals surface area contributed by atoms with Crippen molar-refractivity contribution in [2.75, 3.05) is 0 Å². The van der Waals surface area contributed by atoms with Gasteiger partial charge in [0.1, 0.15) is 0 Å². The van der Waals surface area contributed by atoms with Gasteiger partial charge in [0.2, 0.25) is 0 Å². The van der Waals surface area contributed by atoms with Crippen LogP contribution in [-0.2, 0) is 6.42 Å². The molecule has 2 aromatic rings. The molecule has 0 bridgehead atoms. The predicted octanol–water partition coefficient (Wildman–Crippen LogP) is 2.74. The maximum atomic E-state index is 13.0. The second-order valence-electron chi connectivity index (χ2n) is 2.98. The number of hydrogen-bond acceptors (Lipinski definition) is 0. The second-order valence-corrected chi connectivity index (χ2v) is 2.98. The van der Waals surface area contributed by atoms with Gasteiger partial charge in [0, 0.05) is 18.2 Å². The SMILES string of the molecule is Fc1[nH]ccc1Cc1ccccc1. The fourth-order valence-electron chi connectivity index (χ4n) is 1.33. The summed E-state index contributed by atoms with van der Waals surface area (Å²) in [5, 5.41) is 0. The topological polar surface area (TPSA) is 15.8 Å². The third-order valence-corrected chi connectivity index (χ3v) is 2.01. The smallest absolute Gasteiger partial charge is 0.194 e. The molecule has 0 saturated heterocycles. The van der Waals surface area contributed by atoms with E-state index in [1.54, 1.807) is 12.3 Å². The van der Waals surface area contributed by atoms with Crippen LogP contribution < -0.4 is 0 Å². The van der Waals surface area contributed by atoms with E-state index in [1.807, 2.05) is 30.3 Å². The van der Waals surface area contributed by atoms with Crippen LogP contribution in [0.15, 0.2) is 42.6 Å². The Kier molecular flexibility index (Phi) is 2.13. The van der Waals surface area contributed by atoms with Crippen LogP contribution in [0.1, 0.15) is 11.1 Å². The molecular formula is C11H10FN. The first-order valence-corrected chi connectivity index (χ1v) is 4.22. The Morgan fingerprint density at radius 2 is 1.85 bits per heavy atom. The quantitative estimate of drug-likeness (QED) is 0.722.